The molecule has 116 valence electrons. The molecule has 0 N–H and O–H groups in total. The van der Waals surface area contributed by atoms with Gasteiger partial charge in [0.2, 0.25) is 0 Å². The second kappa shape index (κ2) is 5.88. The molecule has 0 saturated carbocycles. The summed E-state index contributed by atoms with van der Waals surface area (Å²) in [4.78, 5) is 0. The van der Waals surface area contributed by atoms with Gasteiger partial charge in [0, 0.05) is 17.3 Å². The Kier molecular flexibility index (Phi) is 4.28. The van der Waals surface area contributed by atoms with Crippen molar-refractivity contribution in [2.75, 3.05) is 16.8 Å². The Morgan fingerprint density at radius 2 is 2.24 bits per heavy atom. The summed E-state index contributed by atoms with van der Waals surface area (Å²) in [5.74, 6) is 1.60. The van der Waals surface area contributed by atoms with E-state index in [1.807, 2.05) is 0 Å². The van der Waals surface area contributed by atoms with Gasteiger partial charge in [-0.3, -0.25) is 0 Å². The molecule has 0 amide bonds. The van der Waals surface area contributed by atoms with Crippen LogP contribution in [0.15, 0.2) is 18.2 Å². The fourth-order valence-corrected chi connectivity index (χ4v) is 6.05. The minimum atomic E-state index is -2.85. The second-order valence-electron chi connectivity index (χ2n) is 6.01. The van der Waals surface area contributed by atoms with Crippen LogP contribution in [-0.4, -0.2) is 31.4 Å². The summed E-state index contributed by atoms with van der Waals surface area (Å²) in [5, 5.41) is 0.776. The monoisotopic (exact) mass is 376 g/mol. The maximum Gasteiger partial charge on any atom is 0.150 e. The third-order valence-corrected chi connectivity index (χ3v) is 7.09. The fourth-order valence-electron chi connectivity index (χ4n) is 3.34. The lowest BCUT2D eigenvalue weighted by Crippen LogP contribution is -2.25. The number of ether oxygens (including phenoxy) is 1. The molecule has 3 nitrogen and oxygen atoms in total. The Balaban J connectivity index is 1.64. The molecule has 2 heterocycles. The predicted molar refractivity (Wildman–Crippen MR) is 83.2 cm³/mol. The van der Waals surface area contributed by atoms with Crippen LogP contribution >= 0.6 is 15.9 Å². The molecule has 6 heteroatoms. The molecule has 0 aliphatic carbocycles. The Morgan fingerprint density at radius 1 is 1.43 bits per heavy atom. The molecule has 3 rings (SSSR count). The third kappa shape index (κ3) is 3.42. The molecule has 0 aromatic heterocycles. The van der Waals surface area contributed by atoms with Gasteiger partial charge in [-0.25, -0.2) is 12.8 Å². The lowest BCUT2D eigenvalue weighted by Gasteiger charge is -2.23. The van der Waals surface area contributed by atoms with Crippen molar-refractivity contribution in [1.29, 1.82) is 0 Å². The highest BCUT2D eigenvalue weighted by molar-refractivity contribution is 9.09. The van der Waals surface area contributed by atoms with Crippen molar-refractivity contribution in [3.05, 3.63) is 29.6 Å². The van der Waals surface area contributed by atoms with Crippen molar-refractivity contribution in [3.8, 4) is 5.75 Å². The topological polar surface area (TPSA) is 43.4 Å². The molecule has 1 saturated heterocycles. The zero-order valence-corrected chi connectivity index (χ0v) is 14.0. The summed E-state index contributed by atoms with van der Waals surface area (Å²) in [6.45, 7) is 0. The number of halogens is 2. The van der Waals surface area contributed by atoms with Gasteiger partial charge in [-0.15, -0.1) is 0 Å². The molecule has 21 heavy (non-hydrogen) atoms. The van der Waals surface area contributed by atoms with Crippen LogP contribution in [0, 0.1) is 17.7 Å². The van der Waals surface area contributed by atoms with Crippen LogP contribution in [0.5, 0.6) is 5.75 Å². The first-order valence-electron chi connectivity index (χ1n) is 7.18. The number of rotatable bonds is 4. The van der Waals surface area contributed by atoms with Gasteiger partial charge in [0.05, 0.1) is 11.5 Å². The Labute approximate surface area is 132 Å². The lowest BCUT2D eigenvalue weighted by atomic mass is 9.88. The summed E-state index contributed by atoms with van der Waals surface area (Å²) in [7, 11) is -2.85. The standard InChI is InChI=1S/C15H18BrFO3S/c16-8-12(10-3-4-21(18,19)9-10)7-14-6-11-5-13(17)1-2-15(11)20-14/h1-2,5,10,12,14H,3-4,6-9H2. The van der Waals surface area contributed by atoms with E-state index in [4.69, 9.17) is 4.74 Å². The van der Waals surface area contributed by atoms with Crippen LogP contribution < -0.4 is 4.74 Å². The highest BCUT2D eigenvalue weighted by Gasteiger charge is 2.35. The zero-order valence-electron chi connectivity index (χ0n) is 11.6. The molecule has 0 spiro atoms. The number of alkyl halides is 1. The number of hydrogen-bond donors (Lipinski definition) is 0. The molecule has 1 aromatic rings. The highest BCUT2D eigenvalue weighted by Crippen LogP contribution is 2.36. The minimum absolute atomic E-state index is 0.0210. The van der Waals surface area contributed by atoms with Crippen molar-refractivity contribution >= 4 is 25.8 Å². The largest absolute Gasteiger partial charge is 0.490 e. The zero-order chi connectivity index (χ0) is 15.0. The van der Waals surface area contributed by atoms with Crippen LogP contribution in [-0.2, 0) is 16.3 Å². The Morgan fingerprint density at radius 3 is 2.90 bits per heavy atom. The molecule has 3 unspecified atom stereocenters. The summed E-state index contributed by atoms with van der Waals surface area (Å²) < 4.78 is 42.3. The van der Waals surface area contributed by atoms with Crippen molar-refractivity contribution < 1.29 is 17.5 Å². The van der Waals surface area contributed by atoms with E-state index in [0.717, 1.165) is 29.5 Å². The van der Waals surface area contributed by atoms with Gasteiger partial charge in [0.15, 0.2) is 9.84 Å². The molecule has 1 fully saturated rings. The van der Waals surface area contributed by atoms with Gasteiger partial charge >= 0.3 is 0 Å². The third-order valence-electron chi connectivity index (χ3n) is 4.46. The molecular weight excluding hydrogens is 359 g/mol. The minimum Gasteiger partial charge on any atom is -0.490 e. The molecule has 2 aliphatic heterocycles. The van der Waals surface area contributed by atoms with Crippen LogP contribution in [0.2, 0.25) is 0 Å². The smallest absolute Gasteiger partial charge is 0.150 e. The first-order chi connectivity index (χ1) is 9.97. The summed E-state index contributed by atoms with van der Waals surface area (Å²) in [6, 6.07) is 4.61. The maximum absolute atomic E-state index is 13.2. The molecule has 0 bridgehead atoms. The Hall–Kier alpha value is -0.620. The average Bonchev–Trinajstić information content (AvgIpc) is 2.98. The van der Waals surface area contributed by atoms with Gasteiger partial charge in [-0.1, -0.05) is 15.9 Å². The summed E-state index contributed by atoms with van der Waals surface area (Å²) >= 11 is 3.51. The van der Waals surface area contributed by atoms with E-state index in [2.05, 4.69) is 15.9 Å². The summed E-state index contributed by atoms with van der Waals surface area (Å²) in [6.07, 6.45) is 2.28. The predicted octanol–water partition coefficient (Wildman–Crippen LogP) is 2.97. The molecule has 3 atom stereocenters. The highest BCUT2D eigenvalue weighted by atomic mass is 79.9. The van der Waals surface area contributed by atoms with Gasteiger partial charge in [-0.2, -0.15) is 0 Å². The van der Waals surface area contributed by atoms with Gasteiger partial charge in [0.1, 0.15) is 17.7 Å². The Bertz CT molecular complexity index is 632. The first kappa shape index (κ1) is 15.3. The van der Waals surface area contributed by atoms with E-state index in [9.17, 15) is 12.8 Å². The number of fused-ring (bicyclic) bond motifs is 1. The van der Waals surface area contributed by atoms with Gasteiger partial charge in [-0.05, 0) is 42.9 Å². The van der Waals surface area contributed by atoms with E-state index in [1.54, 1.807) is 6.07 Å². The van der Waals surface area contributed by atoms with E-state index in [0.29, 0.717) is 12.2 Å². The van der Waals surface area contributed by atoms with E-state index in [1.165, 1.54) is 12.1 Å². The van der Waals surface area contributed by atoms with Gasteiger partial charge < -0.3 is 4.74 Å². The maximum atomic E-state index is 13.2. The number of hydrogen-bond acceptors (Lipinski definition) is 3. The van der Waals surface area contributed by atoms with E-state index < -0.39 is 9.84 Å². The lowest BCUT2D eigenvalue weighted by molar-refractivity contribution is 0.181. The van der Waals surface area contributed by atoms with Crippen molar-refractivity contribution in [3.63, 3.8) is 0 Å². The SMILES string of the molecule is O=S1(=O)CCC(C(CBr)CC2Cc3cc(F)ccc3O2)C1. The molecule has 0 radical (unpaired) electrons. The van der Waals surface area contributed by atoms with Crippen LogP contribution in [0.3, 0.4) is 0 Å². The molecule has 2 aliphatic rings. The van der Waals surface area contributed by atoms with Crippen LogP contribution in [0.1, 0.15) is 18.4 Å². The van der Waals surface area contributed by atoms with Crippen molar-refractivity contribution in [2.24, 2.45) is 11.8 Å². The number of sulfone groups is 1. The molecular formula is C15H18BrFO3S. The van der Waals surface area contributed by atoms with Crippen LogP contribution in [0.25, 0.3) is 0 Å². The first-order valence-corrected chi connectivity index (χ1v) is 10.1. The second-order valence-corrected chi connectivity index (χ2v) is 8.89. The quantitative estimate of drug-likeness (QED) is 0.758. The number of benzene rings is 1. The van der Waals surface area contributed by atoms with E-state index in [-0.39, 0.29) is 29.5 Å². The van der Waals surface area contributed by atoms with Crippen molar-refractivity contribution in [2.45, 2.75) is 25.4 Å². The van der Waals surface area contributed by atoms with Crippen molar-refractivity contribution in [1.82, 2.24) is 0 Å². The normalized spacial score (nSPS) is 28.1. The fraction of sp³-hybridized carbons (Fsp3) is 0.600. The summed E-state index contributed by atoms with van der Waals surface area (Å²) in [5.41, 5.74) is 0.910. The average molecular weight is 377 g/mol. The molecule has 1 aromatic carbocycles. The van der Waals surface area contributed by atoms with E-state index >= 15 is 0 Å². The van der Waals surface area contributed by atoms with Crippen LogP contribution in [0.4, 0.5) is 4.39 Å². The van der Waals surface area contributed by atoms with Gasteiger partial charge in [0.25, 0.3) is 0 Å².